The number of amides is 2. The second-order valence-electron chi connectivity index (χ2n) is 8.88. The molecule has 1 fully saturated rings. The Kier molecular flexibility index (Phi) is 9.29. The lowest BCUT2D eigenvalue weighted by molar-refractivity contribution is -0.139. The maximum Gasteiger partial charge on any atom is 0.244 e. The van der Waals surface area contributed by atoms with E-state index in [0.717, 1.165) is 47.1 Å². The van der Waals surface area contributed by atoms with Crippen molar-refractivity contribution in [2.75, 3.05) is 17.1 Å². The highest BCUT2D eigenvalue weighted by molar-refractivity contribution is 9.10. The van der Waals surface area contributed by atoms with Gasteiger partial charge in [-0.25, -0.2) is 12.8 Å². The van der Waals surface area contributed by atoms with Crippen molar-refractivity contribution in [2.45, 2.75) is 57.7 Å². The average Bonchev–Trinajstić information content (AvgIpc) is 2.82. The van der Waals surface area contributed by atoms with Crippen LogP contribution in [0.3, 0.4) is 0 Å². The largest absolute Gasteiger partial charge is 0.352 e. The zero-order valence-corrected chi connectivity index (χ0v) is 22.3. The number of nitrogens with zero attached hydrogens (tertiary/aromatic N) is 2. The molecule has 7 nitrogen and oxygen atoms in total. The normalized spacial score (nSPS) is 15.3. The third kappa shape index (κ3) is 7.51. The van der Waals surface area contributed by atoms with Gasteiger partial charge in [0.15, 0.2) is 0 Å². The zero-order valence-electron chi connectivity index (χ0n) is 19.9. The molecule has 0 saturated heterocycles. The highest BCUT2D eigenvalue weighted by Crippen LogP contribution is 2.22. The van der Waals surface area contributed by atoms with Gasteiger partial charge in [-0.2, -0.15) is 0 Å². The Morgan fingerprint density at radius 2 is 1.71 bits per heavy atom. The number of hydrogen-bond donors (Lipinski definition) is 1. The van der Waals surface area contributed by atoms with Crippen molar-refractivity contribution < 1.29 is 22.4 Å². The second kappa shape index (κ2) is 12.0. The lowest BCUT2D eigenvalue weighted by Crippen LogP contribution is -2.53. The molecule has 1 aliphatic carbocycles. The molecule has 2 amide bonds. The number of nitrogens with one attached hydrogen (secondary N) is 1. The van der Waals surface area contributed by atoms with Gasteiger partial charge >= 0.3 is 0 Å². The van der Waals surface area contributed by atoms with E-state index in [9.17, 15) is 22.4 Å². The van der Waals surface area contributed by atoms with E-state index in [-0.39, 0.29) is 24.1 Å². The molecule has 1 N–H and O–H groups in total. The van der Waals surface area contributed by atoms with Gasteiger partial charge in [0.05, 0.1) is 11.9 Å². The van der Waals surface area contributed by atoms with Gasteiger partial charge < -0.3 is 10.2 Å². The number of hydrogen-bond acceptors (Lipinski definition) is 4. The summed E-state index contributed by atoms with van der Waals surface area (Å²) in [4.78, 5) is 27.8. The number of rotatable bonds is 9. The number of carbonyl (C=O) groups excluding carboxylic acids is 2. The topological polar surface area (TPSA) is 86.8 Å². The highest BCUT2D eigenvalue weighted by Gasteiger charge is 2.31. The number of anilines is 1. The number of benzene rings is 2. The van der Waals surface area contributed by atoms with Crippen molar-refractivity contribution in [3.05, 3.63) is 64.4 Å². The molecule has 190 valence electrons. The van der Waals surface area contributed by atoms with Gasteiger partial charge in [0.2, 0.25) is 21.8 Å². The summed E-state index contributed by atoms with van der Waals surface area (Å²) < 4.78 is 41.3. The summed E-state index contributed by atoms with van der Waals surface area (Å²) in [5, 5.41) is 3.01. The van der Waals surface area contributed by atoms with Crippen LogP contribution in [0.25, 0.3) is 0 Å². The Bertz CT molecular complexity index is 1140. The van der Waals surface area contributed by atoms with Crippen molar-refractivity contribution in [1.29, 1.82) is 0 Å². The Morgan fingerprint density at radius 1 is 1.09 bits per heavy atom. The summed E-state index contributed by atoms with van der Waals surface area (Å²) in [5.41, 5.74) is 0.557. The van der Waals surface area contributed by atoms with Crippen molar-refractivity contribution in [3.63, 3.8) is 0 Å². The molecule has 0 heterocycles. The van der Waals surface area contributed by atoms with Gasteiger partial charge in [-0.3, -0.25) is 13.9 Å². The molecule has 0 aliphatic heterocycles. The van der Waals surface area contributed by atoms with E-state index in [1.54, 1.807) is 49.4 Å². The average molecular weight is 569 g/mol. The molecular weight excluding hydrogens is 537 g/mol. The first-order valence-electron chi connectivity index (χ1n) is 11.6. The lowest BCUT2D eigenvalue weighted by Gasteiger charge is -2.33. The fourth-order valence-corrected chi connectivity index (χ4v) is 5.30. The molecule has 3 rings (SSSR count). The molecule has 35 heavy (non-hydrogen) atoms. The summed E-state index contributed by atoms with van der Waals surface area (Å²) >= 11 is 3.32. The minimum absolute atomic E-state index is 0.0411. The van der Waals surface area contributed by atoms with Crippen LogP contribution in [-0.2, 0) is 26.2 Å². The molecule has 0 bridgehead atoms. The minimum atomic E-state index is -3.81. The molecule has 2 aromatic carbocycles. The molecule has 1 saturated carbocycles. The maximum absolute atomic E-state index is 14.5. The predicted octanol–water partition coefficient (Wildman–Crippen LogP) is 4.22. The van der Waals surface area contributed by atoms with Crippen LogP contribution in [0.4, 0.5) is 10.1 Å². The summed E-state index contributed by atoms with van der Waals surface area (Å²) in [6.07, 6.45) is 5.98. The smallest absolute Gasteiger partial charge is 0.244 e. The third-order valence-electron chi connectivity index (χ3n) is 6.21. The monoisotopic (exact) mass is 567 g/mol. The number of carbonyl (C=O) groups is 2. The van der Waals surface area contributed by atoms with Crippen LogP contribution in [0.5, 0.6) is 0 Å². The van der Waals surface area contributed by atoms with Crippen molar-refractivity contribution in [3.8, 4) is 0 Å². The molecular formula is C25H31BrFN3O4S. The van der Waals surface area contributed by atoms with Gasteiger partial charge in [0, 0.05) is 22.6 Å². The van der Waals surface area contributed by atoms with E-state index in [1.807, 2.05) is 0 Å². The van der Waals surface area contributed by atoms with E-state index in [4.69, 9.17) is 0 Å². The Labute approximate surface area is 214 Å². The predicted molar refractivity (Wildman–Crippen MR) is 138 cm³/mol. The fraction of sp³-hybridized carbons (Fsp3) is 0.440. The van der Waals surface area contributed by atoms with Crippen LogP contribution in [0, 0.1) is 5.82 Å². The van der Waals surface area contributed by atoms with Crippen molar-refractivity contribution in [2.24, 2.45) is 0 Å². The molecule has 1 aliphatic rings. The van der Waals surface area contributed by atoms with Crippen molar-refractivity contribution >= 4 is 43.5 Å². The first-order valence-corrected chi connectivity index (χ1v) is 14.3. The van der Waals surface area contributed by atoms with Gasteiger partial charge in [-0.05, 0) is 50.1 Å². The van der Waals surface area contributed by atoms with Gasteiger partial charge in [0.25, 0.3) is 0 Å². The number of halogens is 2. The van der Waals surface area contributed by atoms with Crippen LogP contribution in [-0.4, -0.2) is 50.0 Å². The van der Waals surface area contributed by atoms with E-state index < -0.39 is 34.3 Å². The van der Waals surface area contributed by atoms with Crippen molar-refractivity contribution in [1.82, 2.24) is 10.2 Å². The summed E-state index contributed by atoms with van der Waals surface area (Å²) in [6.45, 7) is 0.903. The molecule has 0 unspecified atom stereocenters. The first kappa shape index (κ1) is 27.1. The summed E-state index contributed by atoms with van der Waals surface area (Å²) in [6, 6.07) is 11.7. The minimum Gasteiger partial charge on any atom is -0.352 e. The molecule has 2 aromatic rings. The number of sulfonamides is 1. The summed E-state index contributed by atoms with van der Waals surface area (Å²) in [5.74, 6) is -1.44. The van der Waals surface area contributed by atoms with Gasteiger partial charge in [-0.1, -0.05) is 53.4 Å². The van der Waals surface area contributed by atoms with Gasteiger partial charge in [0.1, 0.15) is 18.4 Å². The molecule has 0 spiro atoms. The van der Waals surface area contributed by atoms with Crippen LogP contribution < -0.4 is 9.62 Å². The molecule has 0 radical (unpaired) electrons. The third-order valence-corrected chi connectivity index (χ3v) is 7.88. The summed E-state index contributed by atoms with van der Waals surface area (Å²) in [7, 11) is -3.81. The first-order chi connectivity index (χ1) is 16.6. The Morgan fingerprint density at radius 3 is 2.31 bits per heavy atom. The second-order valence-corrected chi connectivity index (χ2v) is 11.7. The lowest BCUT2D eigenvalue weighted by atomic mass is 9.95. The zero-order chi connectivity index (χ0) is 25.6. The van der Waals surface area contributed by atoms with Crippen LogP contribution in [0.15, 0.2) is 53.0 Å². The molecule has 1 atom stereocenters. The van der Waals surface area contributed by atoms with Crippen LogP contribution >= 0.6 is 15.9 Å². The van der Waals surface area contributed by atoms with Gasteiger partial charge in [-0.15, -0.1) is 0 Å². The standard InChI is InChI=1S/C25H31BrFN3O4S/c1-18(25(32)28-21-9-4-3-5-10-21)29(16-19-8-6-7-11-23(19)27)24(31)17-30(35(2,33)34)22-14-12-20(26)13-15-22/h6-8,11-15,18,21H,3-5,9-10,16-17H2,1-2H3,(H,28,32)/t18-/m1/s1. The van der Waals surface area contributed by atoms with Crippen LogP contribution in [0.2, 0.25) is 0 Å². The Balaban J connectivity index is 1.87. The quantitative estimate of drug-likeness (QED) is 0.491. The molecule has 10 heteroatoms. The van der Waals surface area contributed by atoms with E-state index in [0.29, 0.717) is 5.69 Å². The fourth-order valence-electron chi connectivity index (χ4n) is 4.18. The highest BCUT2D eigenvalue weighted by atomic mass is 79.9. The SMILES string of the molecule is C[C@H](C(=O)NC1CCCCC1)N(Cc1ccccc1F)C(=O)CN(c1ccc(Br)cc1)S(C)(=O)=O. The van der Waals surface area contributed by atoms with E-state index >= 15 is 0 Å². The molecule has 0 aromatic heterocycles. The maximum atomic E-state index is 14.5. The Hall–Kier alpha value is -2.46. The van der Waals surface area contributed by atoms with Crippen LogP contribution in [0.1, 0.15) is 44.6 Å². The van der Waals surface area contributed by atoms with E-state index in [2.05, 4.69) is 21.2 Å². The van der Waals surface area contributed by atoms with E-state index in [1.165, 1.54) is 11.0 Å².